The molecule has 1 atom stereocenters. The van der Waals surface area contributed by atoms with Crippen LogP contribution in [0.25, 0.3) is 0 Å². The van der Waals surface area contributed by atoms with Gasteiger partial charge in [-0.05, 0) is 24.7 Å². The summed E-state index contributed by atoms with van der Waals surface area (Å²) in [5.74, 6) is 0.674. The van der Waals surface area contributed by atoms with Crippen LogP contribution in [0.2, 0.25) is 0 Å². The van der Waals surface area contributed by atoms with Crippen molar-refractivity contribution < 1.29 is 24.2 Å². The van der Waals surface area contributed by atoms with E-state index in [4.69, 9.17) is 15.1 Å². The van der Waals surface area contributed by atoms with Crippen LogP contribution in [0.15, 0.2) is 0 Å². The maximum Gasteiger partial charge on any atom is 0.386 e. The number of nitrogens with one attached hydrogen (secondary N) is 1. The van der Waals surface area contributed by atoms with Crippen molar-refractivity contribution >= 4 is 18.2 Å². The Morgan fingerprint density at radius 3 is 2.12 bits per heavy atom. The largest absolute Gasteiger partial charge is 0.395 e. The average molecular weight is 289 g/mol. The molecule has 0 aromatic rings. The van der Waals surface area contributed by atoms with E-state index in [1.165, 1.54) is 0 Å². The van der Waals surface area contributed by atoms with Gasteiger partial charge in [-0.3, -0.25) is 0 Å². The van der Waals surface area contributed by atoms with Crippen molar-refractivity contribution in [3.05, 3.63) is 0 Å². The van der Waals surface area contributed by atoms with Gasteiger partial charge in [-0.2, -0.15) is 0 Å². The van der Waals surface area contributed by atoms with Crippen LogP contribution in [0.5, 0.6) is 0 Å². The number of rotatable bonds is 9. The zero-order valence-electron chi connectivity index (χ0n) is 10.5. The first-order valence-electron chi connectivity index (χ1n) is 5.58. The number of aliphatic hydroxyl groups excluding tert-OH is 2. The summed E-state index contributed by atoms with van der Waals surface area (Å²) in [6.45, 7) is 2.08. The van der Waals surface area contributed by atoms with Crippen LogP contribution >= 0.6 is 18.2 Å². The molecule has 0 aliphatic carbocycles. The topological polar surface area (TPSA) is 99.0 Å². The van der Waals surface area contributed by atoms with Gasteiger partial charge in [-0.15, -0.1) is 0 Å². The van der Waals surface area contributed by atoms with Gasteiger partial charge >= 0.3 is 6.80 Å². The van der Waals surface area contributed by atoms with Gasteiger partial charge in [0, 0.05) is 18.8 Å². The summed E-state index contributed by atoms with van der Waals surface area (Å²) in [6.07, 6.45) is 0.891. The Labute approximate surface area is 107 Å². The van der Waals surface area contributed by atoms with E-state index >= 15 is 0 Å². The average Bonchev–Trinajstić information content (AvgIpc) is 2.28. The van der Waals surface area contributed by atoms with Crippen LogP contribution in [0.4, 0.5) is 0 Å². The maximum absolute atomic E-state index is 10.9. The summed E-state index contributed by atoms with van der Waals surface area (Å²) in [7, 11) is 0. The van der Waals surface area contributed by atoms with Crippen molar-refractivity contribution in [2.24, 2.45) is 0 Å². The molecule has 0 saturated heterocycles. The molecule has 0 fully saturated rings. The Morgan fingerprint density at radius 2 is 1.76 bits per heavy atom. The lowest BCUT2D eigenvalue weighted by Crippen LogP contribution is -2.21. The van der Waals surface area contributed by atoms with Crippen LogP contribution in [-0.4, -0.2) is 53.8 Å². The monoisotopic (exact) mass is 289 g/mol. The molecule has 0 amide bonds. The SMILES string of the molecule is CCCSP(=O)(O)OCC.OCCNCCO. The Kier molecular flexibility index (Phi) is 16.7. The smallest absolute Gasteiger partial charge is 0.386 e. The normalized spacial score (nSPS) is 13.7. The van der Waals surface area contributed by atoms with Crippen molar-refractivity contribution in [3.8, 4) is 0 Å². The molecule has 0 aromatic heterocycles. The van der Waals surface area contributed by atoms with Gasteiger partial charge in [0.15, 0.2) is 0 Å². The summed E-state index contributed by atoms with van der Waals surface area (Å²) in [6, 6.07) is 0. The third-order valence-corrected chi connectivity index (χ3v) is 4.67. The molecular formula is C9H24NO5PS. The molecule has 0 rings (SSSR count). The van der Waals surface area contributed by atoms with Crippen LogP contribution in [0, 0.1) is 0 Å². The van der Waals surface area contributed by atoms with E-state index in [-0.39, 0.29) is 13.2 Å². The van der Waals surface area contributed by atoms with Gasteiger partial charge in [-0.25, -0.2) is 4.57 Å². The van der Waals surface area contributed by atoms with E-state index in [1.54, 1.807) is 6.92 Å². The first-order valence-corrected chi connectivity index (χ1v) is 8.75. The molecule has 6 nitrogen and oxygen atoms in total. The summed E-state index contributed by atoms with van der Waals surface area (Å²) < 4.78 is 15.5. The standard InChI is InChI=1S/C5H13O3PS.C4H11NO2/c1-3-5-10-9(6,7)8-4-2;6-3-1-5-2-4-7/h3-5H2,1-2H3,(H,6,7);5-7H,1-4H2. The van der Waals surface area contributed by atoms with E-state index in [0.29, 0.717) is 25.4 Å². The predicted octanol–water partition coefficient (Wildman–Crippen LogP) is 0.827. The Bertz CT molecular complexity index is 192. The van der Waals surface area contributed by atoms with Crippen LogP contribution in [0.1, 0.15) is 20.3 Å². The van der Waals surface area contributed by atoms with E-state index in [0.717, 1.165) is 17.8 Å². The highest BCUT2D eigenvalue weighted by atomic mass is 32.7. The zero-order chi connectivity index (χ0) is 13.6. The molecule has 4 N–H and O–H groups in total. The summed E-state index contributed by atoms with van der Waals surface area (Å²) >= 11 is 0.992. The van der Waals surface area contributed by atoms with Crippen molar-refractivity contribution in [1.82, 2.24) is 5.32 Å². The third-order valence-electron chi connectivity index (χ3n) is 1.33. The Morgan fingerprint density at radius 1 is 1.24 bits per heavy atom. The molecule has 1 unspecified atom stereocenters. The minimum absolute atomic E-state index is 0.139. The van der Waals surface area contributed by atoms with Gasteiger partial charge in [0.1, 0.15) is 0 Å². The fraction of sp³-hybridized carbons (Fsp3) is 1.00. The van der Waals surface area contributed by atoms with Crippen molar-refractivity contribution in [2.45, 2.75) is 20.3 Å². The van der Waals surface area contributed by atoms with Crippen molar-refractivity contribution in [3.63, 3.8) is 0 Å². The van der Waals surface area contributed by atoms with Crippen LogP contribution in [0.3, 0.4) is 0 Å². The number of hydrogen-bond acceptors (Lipinski definition) is 6. The minimum Gasteiger partial charge on any atom is -0.395 e. The van der Waals surface area contributed by atoms with Gasteiger partial charge in [0.05, 0.1) is 19.8 Å². The third kappa shape index (κ3) is 18.9. The van der Waals surface area contributed by atoms with Gasteiger partial charge in [-0.1, -0.05) is 6.92 Å². The molecule has 0 aliphatic heterocycles. The second-order valence-corrected chi connectivity index (χ2v) is 6.94. The van der Waals surface area contributed by atoms with E-state index in [1.807, 2.05) is 6.92 Å². The van der Waals surface area contributed by atoms with E-state index < -0.39 is 6.80 Å². The minimum atomic E-state index is -3.29. The molecule has 17 heavy (non-hydrogen) atoms. The highest BCUT2D eigenvalue weighted by Gasteiger charge is 2.17. The second kappa shape index (κ2) is 14.4. The first kappa shape index (κ1) is 19.7. The maximum atomic E-state index is 10.9. The molecule has 106 valence electrons. The molecule has 0 saturated carbocycles. The summed E-state index contributed by atoms with van der Waals surface area (Å²) in [4.78, 5) is 8.94. The molecule has 0 aliphatic rings. The highest BCUT2D eigenvalue weighted by molar-refractivity contribution is 8.54. The molecule has 0 heterocycles. The first-order chi connectivity index (χ1) is 8.04. The fourth-order valence-corrected chi connectivity index (χ4v) is 3.28. The molecular weight excluding hydrogens is 265 g/mol. The number of aliphatic hydroxyl groups is 2. The quantitative estimate of drug-likeness (QED) is 0.368. The summed E-state index contributed by atoms with van der Waals surface area (Å²) in [5, 5.41) is 19.1. The fourth-order valence-electron chi connectivity index (χ4n) is 0.690. The van der Waals surface area contributed by atoms with E-state index in [9.17, 15) is 4.57 Å². The lowest BCUT2D eigenvalue weighted by Gasteiger charge is -2.07. The lowest BCUT2D eigenvalue weighted by atomic mass is 10.6. The van der Waals surface area contributed by atoms with Crippen LogP contribution < -0.4 is 5.32 Å². The molecule has 0 spiro atoms. The molecule has 0 radical (unpaired) electrons. The highest BCUT2D eigenvalue weighted by Crippen LogP contribution is 2.55. The van der Waals surface area contributed by atoms with E-state index in [2.05, 4.69) is 9.84 Å². The van der Waals surface area contributed by atoms with Gasteiger partial charge in [0.2, 0.25) is 0 Å². The molecule has 8 heteroatoms. The molecule has 0 aromatic carbocycles. The lowest BCUT2D eigenvalue weighted by molar-refractivity contribution is 0.266. The summed E-state index contributed by atoms with van der Waals surface area (Å²) in [5.41, 5.74) is 0. The predicted molar refractivity (Wildman–Crippen MR) is 71.2 cm³/mol. The molecule has 0 bridgehead atoms. The van der Waals surface area contributed by atoms with Gasteiger partial charge < -0.3 is 24.9 Å². The second-order valence-electron chi connectivity index (χ2n) is 2.92. The van der Waals surface area contributed by atoms with Crippen molar-refractivity contribution in [1.29, 1.82) is 0 Å². The Hall–Kier alpha value is 0.380. The van der Waals surface area contributed by atoms with Crippen molar-refractivity contribution in [2.75, 3.05) is 38.7 Å². The number of hydrogen-bond donors (Lipinski definition) is 4. The Balaban J connectivity index is 0. The zero-order valence-corrected chi connectivity index (χ0v) is 12.2. The van der Waals surface area contributed by atoms with Crippen LogP contribution in [-0.2, 0) is 9.09 Å². The van der Waals surface area contributed by atoms with Gasteiger partial charge in [0.25, 0.3) is 0 Å².